The van der Waals surface area contributed by atoms with Crippen LogP contribution in [-0.4, -0.2) is 0 Å². The summed E-state index contributed by atoms with van der Waals surface area (Å²) >= 11 is 0. The van der Waals surface area contributed by atoms with E-state index in [1.54, 1.807) is 0 Å². The van der Waals surface area contributed by atoms with Gasteiger partial charge >= 0.3 is 0 Å². The third kappa shape index (κ3) is 6.53. The molecule has 0 fully saturated rings. The zero-order valence-electron chi connectivity index (χ0n) is 28.6. The summed E-state index contributed by atoms with van der Waals surface area (Å²) in [6, 6.07) is 40.7. The minimum atomic E-state index is -3.32. The first-order valence-corrected chi connectivity index (χ1v) is 20.0. The van der Waals surface area contributed by atoms with Gasteiger partial charge in [-0.05, 0) is 52.0 Å². The Bertz CT molecular complexity index is 1620. The Hall–Kier alpha value is -3.44. The predicted octanol–water partition coefficient (Wildman–Crippen LogP) is 9.46. The maximum atomic E-state index is 15.7. The van der Waals surface area contributed by atoms with E-state index in [4.69, 9.17) is 0 Å². The predicted molar refractivity (Wildman–Crippen MR) is 202 cm³/mol. The summed E-state index contributed by atoms with van der Waals surface area (Å²) in [7, 11) is -6.64. The summed E-state index contributed by atoms with van der Waals surface area (Å²) in [6.07, 6.45) is 0. The first-order chi connectivity index (χ1) is 21.8. The third-order valence-electron chi connectivity index (χ3n) is 9.25. The van der Waals surface area contributed by atoms with Gasteiger partial charge in [0.2, 0.25) is 0 Å². The molecule has 0 atom stereocenters. The topological polar surface area (TPSA) is 34.1 Å². The summed E-state index contributed by atoms with van der Waals surface area (Å²) in [5.74, 6) is 1.49. The molecule has 2 nitrogen and oxygen atoms in total. The lowest BCUT2D eigenvalue weighted by atomic mass is 10.0. The van der Waals surface area contributed by atoms with Crippen molar-refractivity contribution in [3.05, 3.63) is 144 Å². The molecule has 5 rings (SSSR count). The van der Waals surface area contributed by atoms with Crippen LogP contribution in [0.5, 0.6) is 0 Å². The van der Waals surface area contributed by atoms with E-state index >= 15 is 9.13 Å². The van der Waals surface area contributed by atoms with Gasteiger partial charge in [0, 0.05) is 31.8 Å². The van der Waals surface area contributed by atoms with Gasteiger partial charge in [-0.25, -0.2) is 0 Å². The molecule has 5 aromatic carbocycles. The van der Waals surface area contributed by atoms with Crippen molar-refractivity contribution in [2.24, 2.45) is 0 Å². The first kappa shape index (κ1) is 33.9. The Morgan fingerprint density at radius 1 is 0.326 bits per heavy atom. The van der Waals surface area contributed by atoms with Gasteiger partial charge in [0.25, 0.3) is 0 Å². The molecule has 0 N–H and O–H groups in total. The standard InChI is InChI=1S/C42H48O2P2/c1-29(2)33-12-20-37(21-13-33)45(43,38-22-14-34(15-23-38)30(3)4)41-10-9-11-42(28-41)46(44,39-24-16-35(17-25-39)31(5)6)40-26-18-36(19-27-40)32(7)8/h9-32H,1-8H3. The smallest absolute Gasteiger partial charge is 0.171 e. The van der Waals surface area contributed by atoms with Crippen molar-refractivity contribution in [2.75, 3.05) is 0 Å². The molecule has 4 heteroatoms. The molecule has 0 aliphatic heterocycles. The van der Waals surface area contributed by atoms with Crippen LogP contribution >= 0.6 is 14.3 Å². The fraction of sp³-hybridized carbons (Fsp3) is 0.286. The van der Waals surface area contributed by atoms with Gasteiger partial charge in [-0.3, -0.25) is 0 Å². The summed E-state index contributed by atoms with van der Waals surface area (Å²) in [4.78, 5) is 0. The zero-order chi connectivity index (χ0) is 33.2. The van der Waals surface area contributed by atoms with Crippen LogP contribution in [0.25, 0.3) is 0 Å². The van der Waals surface area contributed by atoms with Gasteiger partial charge in [-0.1, -0.05) is 171 Å². The second-order valence-electron chi connectivity index (χ2n) is 13.7. The maximum Gasteiger partial charge on any atom is 0.171 e. The number of hydrogen-bond acceptors (Lipinski definition) is 2. The SMILES string of the molecule is CC(C)c1ccc(P(=O)(c2ccc(C(C)C)cc2)c2cccc(P(=O)(c3ccc(C(C)C)cc3)c3ccc(C(C)C)cc3)c2)cc1. The van der Waals surface area contributed by atoms with E-state index in [-0.39, 0.29) is 0 Å². The second-order valence-corrected chi connectivity index (χ2v) is 19.3. The van der Waals surface area contributed by atoms with Crippen LogP contribution in [0.3, 0.4) is 0 Å². The van der Waals surface area contributed by atoms with Crippen molar-refractivity contribution in [1.82, 2.24) is 0 Å². The Balaban J connectivity index is 1.74. The van der Waals surface area contributed by atoms with Crippen molar-refractivity contribution in [2.45, 2.75) is 79.1 Å². The van der Waals surface area contributed by atoms with Crippen LogP contribution in [0.15, 0.2) is 121 Å². The monoisotopic (exact) mass is 646 g/mol. The van der Waals surface area contributed by atoms with E-state index in [0.717, 1.165) is 21.2 Å². The Morgan fingerprint density at radius 3 is 0.739 bits per heavy atom. The van der Waals surface area contributed by atoms with Crippen LogP contribution in [0.1, 0.15) is 101 Å². The van der Waals surface area contributed by atoms with Gasteiger partial charge in [-0.2, -0.15) is 0 Å². The van der Waals surface area contributed by atoms with Crippen LogP contribution in [0.4, 0.5) is 0 Å². The largest absolute Gasteiger partial charge is 0.309 e. The van der Waals surface area contributed by atoms with Gasteiger partial charge in [0.15, 0.2) is 14.3 Å². The van der Waals surface area contributed by atoms with Crippen molar-refractivity contribution < 1.29 is 9.13 Å². The highest BCUT2D eigenvalue weighted by Crippen LogP contribution is 2.46. The van der Waals surface area contributed by atoms with E-state index in [9.17, 15) is 0 Å². The Morgan fingerprint density at radius 2 is 0.543 bits per heavy atom. The molecule has 0 aliphatic carbocycles. The van der Waals surface area contributed by atoms with E-state index in [2.05, 4.69) is 104 Å². The van der Waals surface area contributed by atoms with E-state index in [0.29, 0.717) is 34.3 Å². The van der Waals surface area contributed by atoms with Gasteiger partial charge in [0.1, 0.15) is 0 Å². The highest BCUT2D eigenvalue weighted by atomic mass is 31.2. The molecule has 0 unspecified atom stereocenters. The van der Waals surface area contributed by atoms with Crippen molar-refractivity contribution in [3.8, 4) is 0 Å². The number of rotatable bonds is 10. The van der Waals surface area contributed by atoms with Crippen LogP contribution in [0.2, 0.25) is 0 Å². The maximum absolute atomic E-state index is 15.7. The van der Waals surface area contributed by atoms with E-state index < -0.39 is 14.3 Å². The molecule has 0 spiro atoms. The van der Waals surface area contributed by atoms with Crippen LogP contribution in [-0.2, 0) is 9.13 Å². The molecule has 0 amide bonds. The molecule has 0 bridgehead atoms. The molecule has 0 saturated carbocycles. The fourth-order valence-electron chi connectivity index (χ4n) is 6.06. The van der Waals surface area contributed by atoms with Gasteiger partial charge in [-0.15, -0.1) is 0 Å². The molecule has 0 radical (unpaired) electrons. The van der Waals surface area contributed by atoms with Crippen molar-refractivity contribution in [3.63, 3.8) is 0 Å². The minimum absolute atomic E-state index is 0.372. The average molecular weight is 647 g/mol. The lowest BCUT2D eigenvalue weighted by Crippen LogP contribution is -2.30. The molecule has 0 heterocycles. The van der Waals surface area contributed by atoms with Crippen molar-refractivity contribution in [1.29, 1.82) is 0 Å². The zero-order valence-corrected chi connectivity index (χ0v) is 30.4. The number of benzene rings is 5. The quantitative estimate of drug-likeness (QED) is 0.142. The number of hydrogen-bond donors (Lipinski definition) is 0. The van der Waals surface area contributed by atoms with Crippen LogP contribution in [0, 0.1) is 0 Å². The third-order valence-corrected chi connectivity index (χ3v) is 15.4. The minimum Gasteiger partial charge on any atom is -0.309 e. The highest BCUT2D eigenvalue weighted by Gasteiger charge is 2.34. The summed E-state index contributed by atoms with van der Waals surface area (Å²) in [5.41, 5.74) is 4.83. The van der Waals surface area contributed by atoms with E-state index in [1.165, 1.54) is 22.3 Å². The molecular formula is C42H48O2P2. The first-order valence-electron chi connectivity index (χ1n) is 16.6. The lowest BCUT2D eigenvalue weighted by Gasteiger charge is -2.25. The molecule has 0 saturated heterocycles. The summed E-state index contributed by atoms with van der Waals surface area (Å²) in [6.45, 7) is 17.3. The molecule has 0 aliphatic rings. The summed E-state index contributed by atoms with van der Waals surface area (Å²) in [5, 5.41) is 4.51. The van der Waals surface area contributed by atoms with Crippen molar-refractivity contribution >= 4 is 46.1 Å². The molecule has 5 aromatic rings. The summed E-state index contributed by atoms with van der Waals surface area (Å²) < 4.78 is 31.4. The Kier molecular flexibility index (Phi) is 10.1. The van der Waals surface area contributed by atoms with Crippen LogP contribution < -0.4 is 31.8 Å². The Labute approximate surface area is 277 Å². The molecular weight excluding hydrogens is 598 g/mol. The van der Waals surface area contributed by atoms with Gasteiger partial charge < -0.3 is 9.13 Å². The molecule has 0 aromatic heterocycles. The van der Waals surface area contributed by atoms with E-state index in [1.807, 2.05) is 72.8 Å². The molecule has 46 heavy (non-hydrogen) atoms. The fourth-order valence-corrected chi connectivity index (χ4v) is 11.5. The second kappa shape index (κ2) is 13.7. The lowest BCUT2D eigenvalue weighted by molar-refractivity contribution is 0.592. The molecule has 238 valence electrons. The highest BCUT2D eigenvalue weighted by molar-refractivity contribution is 7.86. The normalized spacial score (nSPS) is 12.4. The van der Waals surface area contributed by atoms with Gasteiger partial charge in [0.05, 0.1) is 0 Å². The average Bonchev–Trinajstić information content (AvgIpc) is 3.07.